The van der Waals surface area contributed by atoms with Crippen molar-refractivity contribution in [3.63, 3.8) is 0 Å². The van der Waals surface area contributed by atoms with E-state index in [-0.39, 0.29) is 5.56 Å². The van der Waals surface area contributed by atoms with Crippen LogP contribution in [0, 0.1) is 5.41 Å². The molecule has 1 N–H and O–H groups in total. The standard InChI is InChI=1S/C16H21Cl2NO2/c1-3-5-16(6-4-2)9-19(10-16)14-12(15(20)21)7-11(17)8-13(14)18/h7-8H,3-6,9-10H2,1-2H3,(H,20,21). The molecule has 1 saturated heterocycles. The van der Waals surface area contributed by atoms with Crippen molar-refractivity contribution in [1.82, 2.24) is 0 Å². The van der Waals surface area contributed by atoms with Crippen molar-refractivity contribution in [3.8, 4) is 0 Å². The van der Waals surface area contributed by atoms with E-state index in [4.69, 9.17) is 23.2 Å². The molecule has 116 valence electrons. The third kappa shape index (κ3) is 3.29. The lowest BCUT2D eigenvalue weighted by Crippen LogP contribution is -2.56. The number of hydrogen-bond donors (Lipinski definition) is 1. The zero-order valence-electron chi connectivity index (χ0n) is 12.5. The highest BCUT2D eigenvalue weighted by Gasteiger charge is 2.43. The number of carboxylic acids is 1. The van der Waals surface area contributed by atoms with E-state index in [0.717, 1.165) is 25.9 Å². The fourth-order valence-corrected chi connectivity index (χ4v) is 4.09. The number of carboxylic acid groups (broad SMARTS) is 1. The van der Waals surface area contributed by atoms with Crippen molar-refractivity contribution in [2.45, 2.75) is 39.5 Å². The smallest absolute Gasteiger partial charge is 0.337 e. The third-order valence-electron chi connectivity index (χ3n) is 4.19. The van der Waals surface area contributed by atoms with Gasteiger partial charge in [-0.1, -0.05) is 49.9 Å². The third-order valence-corrected chi connectivity index (χ3v) is 4.69. The van der Waals surface area contributed by atoms with E-state index in [1.165, 1.54) is 18.9 Å². The molecule has 21 heavy (non-hydrogen) atoms. The molecule has 1 aromatic carbocycles. The highest BCUT2D eigenvalue weighted by atomic mass is 35.5. The summed E-state index contributed by atoms with van der Waals surface area (Å²) in [7, 11) is 0. The maximum Gasteiger partial charge on any atom is 0.337 e. The summed E-state index contributed by atoms with van der Waals surface area (Å²) in [5, 5.41) is 10.2. The van der Waals surface area contributed by atoms with Crippen LogP contribution in [0.5, 0.6) is 0 Å². The average molecular weight is 330 g/mol. The second-order valence-electron chi connectivity index (χ2n) is 5.94. The molecule has 0 aliphatic carbocycles. The summed E-state index contributed by atoms with van der Waals surface area (Å²) in [5.74, 6) is -0.988. The van der Waals surface area contributed by atoms with E-state index in [0.29, 0.717) is 21.1 Å². The van der Waals surface area contributed by atoms with Crippen molar-refractivity contribution in [2.75, 3.05) is 18.0 Å². The van der Waals surface area contributed by atoms with Gasteiger partial charge in [0.1, 0.15) is 0 Å². The van der Waals surface area contributed by atoms with Crippen molar-refractivity contribution in [1.29, 1.82) is 0 Å². The molecule has 0 unspecified atom stereocenters. The van der Waals surface area contributed by atoms with Gasteiger partial charge in [0.15, 0.2) is 0 Å². The molecule has 1 heterocycles. The molecule has 0 amide bonds. The number of nitrogens with zero attached hydrogens (tertiary/aromatic N) is 1. The van der Waals surface area contributed by atoms with Gasteiger partial charge >= 0.3 is 5.97 Å². The predicted octanol–water partition coefficient (Wildman–Crippen LogP) is 5.10. The first-order valence-electron chi connectivity index (χ1n) is 7.39. The normalized spacial score (nSPS) is 16.7. The number of benzene rings is 1. The largest absolute Gasteiger partial charge is 0.478 e. The van der Waals surface area contributed by atoms with E-state index in [9.17, 15) is 9.90 Å². The van der Waals surface area contributed by atoms with Crippen LogP contribution >= 0.6 is 23.2 Å². The Morgan fingerprint density at radius 3 is 2.29 bits per heavy atom. The SMILES string of the molecule is CCCC1(CCC)CN(c2c(Cl)cc(Cl)cc2C(=O)O)C1. The van der Waals surface area contributed by atoms with Crippen molar-refractivity contribution in [3.05, 3.63) is 27.7 Å². The van der Waals surface area contributed by atoms with Gasteiger partial charge in [0, 0.05) is 23.5 Å². The quantitative estimate of drug-likeness (QED) is 0.789. The van der Waals surface area contributed by atoms with Crippen LogP contribution in [0.25, 0.3) is 0 Å². The maximum absolute atomic E-state index is 11.4. The fourth-order valence-electron chi connectivity index (χ4n) is 3.47. The van der Waals surface area contributed by atoms with Crippen LogP contribution < -0.4 is 4.90 Å². The summed E-state index contributed by atoms with van der Waals surface area (Å²) in [6, 6.07) is 3.09. The summed E-state index contributed by atoms with van der Waals surface area (Å²) in [5.41, 5.74) is 1.10. The lowest BCUT2D eigenvalue weighted by atomic mass is 9.72. The zero-order chi connectivity index (χ0) is 15.6. The van der Waals surface area contributed by atoms with E-state index in [2.05, 4.69) is 18.7 Å². The molecule has 0 bridgehead atoms. The molecule has 1 fully saturated rings. The van der Waals surface area contributed by atoms with Gasteiger partial charge in [-0.3, -0.25) is 0 Å². The first-order chi connectivity index (χ1) is 9.92. The molecule has 2 rings (SSSR count). The van der Waals surface area contributed by atoms with Crippen LogP contribution in [0.3, 0.4) is 0 Å². The Balaban J connectivity index is 2.27. The van der Waals surface area contributed by atoms with E-state index < -0.39 is 5.97 Å². The molecule has 0 aromatic heterocycles. The van der Waals surface area contributed by atoms with Crippen LogP contribution in [0.1, 0.15) is 49.9 Å². The van der Waals surface area contributed by atoms with Gasteiger partial charge in [-0.2, -0.15) is 0 Å². The Bertz CT molecular complexity index is 531. The number of aromatic carboxylic acids is 1. The van der Waals surface area contributed by atoms with Crippen molar-refractivity contribution < 1.29 is 9.90 Å². The molecular weight excluding hydrogens is 309 g/mol. The summed E-state index contributed by atoms with van der Waals surface area (Å²) in [6.07, 6.45) is 4.64. The molecular formula is C16H21Cl2NO2. The summed E-state index contributed by atoms with van der Waals surface area (Å²) < 4.78 is 0. The first kappa shape index (κ1) is 16.4. The maximum atomic E-state index is 11.4. The first-order valence-corrected chi connectivity index (χ1v) is 8.15. The second kappa shape index (κ2) is 6.45. The van der Waals surface area contributed by atoms with Crippen LogP contribution in [0.15, 0.2) is 12.1 Å². The zero-order valence-corrected chi connectivity index (χ0v) is 14.0. The highest BCUT2D eigenvalue weighted by Crippen LogP contribution is 2.45. The molecule has 1 aliphatic rings. The van der Waals surface area contributed by atoms with Gasteiger partial charge < -0.3 is 10.0 Å². The molecule has 0 atom stereocenters. The highest BCUT2D eigenvalue weighted by molar-refractivity contribution is 6.37. The monoisotopic (exact) mass is 329 g/mol. The molecule has 1 aromatic rings. The van der Waals surface area contributed by atoms with Crippen molar-refractivity contribution in [2.24, 2.45) is 5.41 Å². The number of anilines is 1. The minimum atomic E-state index is -0.988. The summed E-state index contributed by atoms with van der Waals surface area (Å²) in [4.78, 5) is 13.5. The van der Waals surface area contributed by atoms with Gasteiger partial charge in [0.2, 0.25) is 0 Å². The second-order valence-corrected chi connectivity index (χ2v) is 6.79. The van der Waals surface area contributed by atoms with Crippen LogP contribution in [0.2, 0.25) is 10.0 Å². The molecule has 1 aliphatic heterocycles. The Labute approximate surface area is 135 Å². The molecule has 5 heteroatoms. The van der Waals surface area contributed by atoms with Crippen LogP contribution in [-0.2, 0) is 0 Å². The average Bonchev–Trinajstić information content (AvgIpc) is 2.35. The Morgan fingerprint density at radius 2 is 1.81 bits per heavy atom. The lowest BCUT2D eigenvalue weighted by molar-refractivity contribution is 0.0696. The number of carbonyl (C=O) groups is 1. The fraction of sp³-hybridized carbons (Fsp3) is 0.562. The van der Waals surface area contributed by atoms with Gasteiger partial charge in [0.05, 0.1) is 16.3 Å². The molecule has 0 radical (unpaired) electrons. The van der Waals surface area contributed by atoms with E-state index in [1.807, 2.05) is 0 Å². The number of hydrogen-bond acceptors (Lipinski definition) is 2. The minimum absolute atomic E-state index is 0.189. The van der Waals surface area contributed by atoms with Gasteiger partial charge in [0.25, 0.3) is 0 Å². The summed E-state index contributed by atoms with van der Waals surface area (Å²) in [6.45, 7) is 6.13. The molecule has 3 nitrogen and oxygen atoms in total. The van der Waals surface area contributed by atoms with Crippen molar-refractivity contribution >= 4 is 34.9 Å². The van der Waals surface area contributed by atoms with Crippen LogP contribution in [0.4, 0.5) is 5.69 Å². The Morgan fingerprint density at radius 1 is 1.24 bits per heavy atom. The topological polar surface area (TPSA) is 40.5 Å². The van der Waals surface area contributed by atoms with Gasteiger partial charge in [-0.05, 0) is 25.0 Å². The van der Waals surface area contributed by atoms with E-state index in [1.54, 1.807) is 6.07 Å². The Kier molecular flexibility index (Phi) is 5.05. The predicted molar refractivity (Wildman–Crippen MR) is 87.9 cm³/mol. The van der Waals surface area contributed by atoms with Crippen LogP contribution in [-0.4, -0.2) is 24.2 Å². The minimum Gasteiger partial charge on any atom is -0.478 e. The molecule has 0 spiro atoms. The van der Waals surface area contributed by atoms with E-state index >= 15 is 0 Å². The van der Waals surface area contributed by atoms with Gasteiger partial charge in [-0.25, -0.2) is 4.79 Å². The molecule has 0 saturated carbocycles. The number of halogens is 2. The Hall–Kier alpha value is -0.930. The number of rotatable bonds is 6. The van der Waals surface area contributed by atoms with Gasteiger partial charge in [-0.15, -0.1) is 0 Å². The summed E-state index contributed by atoms with van der Waals surface area (Å²) >= 11 is 12.2. The lowest BCUT2D eigenvalue weighted by Gasteiger charge is -2.52.